The number of hydrogen-bond donors (Lipinski definition) is 2. The van der Waals surface area contributed by atoms with Crippen LogP contribution >= 0.6 is 23.1 Å². The van der Waals surface area contributed by atoms with E-state index in [0.717, 1.165) is 10.6 Å². The van der Waals surface area contributed by atoms with E-state index in [0.29, 0.717) is 16.8 Å². The molecule has 0 aliphatic rings. The molecule has 3 N–H and O–H groups in total. The maximum Gasteiger partial charge on any atom is 0.256 e. The van der Waals surface area contributed by atoms with E-state index in [-0.39, 0.29) is 11.7 Å². The first-order chi connectivity index (χ1) is 12.9. The maximum absolute atomic E-state index is 12.7. The van der Waals surface area contributed by atoms with Gasteiger partial charge < -0.3 is 5.32 Å². The Kier molecular flexibility index (Phi) is 6.33. The lowest BCUT2D eigenvalue weighted by atomic mass is 10.2. The Labute approximate surface area is 166 Å². The summed E-state index contributed by atoms with van der Waals surface area (Å²) in [5, 5.41) is 9.93. The predicted octanol–water partition coefficient (Wildman–Crippen LogP) is 4.08. The zero-order valence-corrected chi connectivity index (χ0v) is 16.7. The van der Waals surface area contributed by atoms with Crippen LogP contribution in [0.4, 0.5) is 5.69 Å². The molecular formula is C19H18N2O3S3. The number of rotatable bonds is 7. The largest absolute Gasteiger partial charge is 0.322 e. The number of thioether (sulfide) groups is 1. The molecule has 0 saturated heterocycles. The molecule has 0 unspecified atom stereocenters. The van der Waals surface area contributed by atoms with E-state index in [9.17, 15) is 13.2 Å². The summed E-state index contributed by atoms with van der Waals surface area (Å²) < 4.78 is 22.3. The smallest absolute Gasteiger partial charge is 0.256 e. The van der Waals surface area contributed by atoms with Gasteiger partial charge in [0.15, 0.2) is 0 Å². The van der Waals surface area contributed by atoms with Crippen molar-refractivity contribution in [2.75, 3.05) is 5.32 Å². The molecule has 8 heteroatoms. The number of anilines is 1. The first-order valence-corrected chi connectivity index (χ1v) is 11.6. The summed E-state index contributed by atoms with van der Waals surface area (Å²) in [4.78, 5) is 14.8. The van der Waals surface area contributed by atoms with Gasteiger partial charge in [0.05, 0.1) is 11.3 Å². The van der Waals surface area contributed by atoms with Crippen molar-refractivity contribution in [2.45, 2.75) is 16.4 Å². The van der Waals surface area contributed by atoms with Gasteiger partial charge in [-0.15, -0.1) is 23.1 Å². The third kappa shape index (κ3) is 5.93. The van der Waals surface area contributed by atoms with Gasteiger partial charge in [-0.25, -0.2) is 13.6 Å². The van der Waals surface area contributed by atoms with Gasteiger partial charge in [0.2, 0.25) is 10.0 Å². The van der Waals surface area contributed by atoms with Gasteiger partial charge in [-0.05, 0) is 41.3 Å². The monoisotopic (exact) mass is 418 g/mol. The van der Waals surface area contributed by atoms with Crippen molar-refractivity contribution in [3.05, 3.63) is 82.0 Å². The lowest BCUT2D eigenvalue weighted by molar-refractivity contribution is 0.102. The van der Waals surface area contributed by atoms with Crippen molar-refractivity contribution in [1.82, 2.24) is 0 Å². The standard InChI is InChI=1S/C19H18N2O3S3/c20-27(23,24)13-14-7-9-15(10-8-14)21-19(22)17-5-1-2-6-18(17)26-12-16-4-3-11-25-16/h1-11H,12-13H2,(H,21,22)(H2,20,23,24). The number of sulfonamides is 1. The van der Waals surface area contributed by atoms with Crippen molar-refractivity contribution in [3.63, 3.8) is 0 Å². The highest BCUT2D eigenvalue weighted by molar-refractivity contribution is 7.98. The summed E-state index contributed by atoms with van der Waals surface area (Å²) >= 11 is 3.31. The van der Waals surface area contributed by atoms with Crippen LogP contribution in [0.1, 0.15) is 20.8 Å². The third-order valence-electron chi connectivity index (χ3n) is 3.66. The van der Waals surface area contributed by atoms with E-state index in [1.54, 1.807) is 53.4 Å². The van der Waals surface area contributed by atoms with Crippen molar-refractivity contribution in [3.8, 4) is 0 Å². The summed E-state index contributed by atoms with van der Waals surface area (Å²) in [5.74, 6) is 0.372. The van der Waals surface area contributed by atoms with Gasteiger partial charge in [0.25, 0.3) is 5.91 Å². The minimum atomic E-state index is -3.58. The number of benzene rings is 2. The van der Waals surface area contributed by atoms with E-state index in [2.05, 4.69) is 11.4 Å². The number of amides is 1. The average Bonchev–Trinajstić information content (AvgIpc) is 3.14. The molecule has 1 amide bonds. The molecule has 0 saturated carbocycles. The van der Waals surface area contributed by atoms with Crippen LogP contribution in [-0.2, 0) is 21.5 Å². The fraction of sp³-hybridized carbons (Fsp3) is 0.105. The molecule has 2 aromatic carbocycles. The van der Waals surface area contributed by atoms with E-state index >= 15 is 0 Å². The summed E-state index contributed by atoms with van der Waals surface area (Å²) in [6.45, 7) is 0. The van der Waals surface area contributed by atoms with E-state index in [4.69, 9.17) is 5.14 Å². The van der Waals surface area contributed by atoms with Crippen LogP contribution in [-0.4, -0.2) is 14.3 Å². The Morgan fingerprint density at radius 1 is 1.04 bits per heavy atom. The molecule has 0 bridgehead atoms. The van der Waals surface area contributed by atoms with Gasteiger partial charge in [-0.1, -0.05) is 30.3 Å². The van der Waals surface area contributed by atoms with E-state index in [1.807, 2.05) is 29.6 Å². The zero-order valence-electron chi connectivity index (χ0n) is 14.3. The number of primary sulfonamides is 1. The van der Waals surface area contributed by atoms with Gasteiger partial charge in [-0.3, -0.25) is 4.79 Å². The Morgan fingerprint density at radius 3 is 2.44 bits per heavy atom. The van der Waals surface area contributed by atoms with Crippen LogP contribution < -0.4 is 10.5 Å². The van der Waals surface area contributed by atoms with Crippen molar-refractivity contribution < 1.29 is 13.2 Å². The zero-order chi connectivity index (χ0) is 19.3. The van der Waals surface area contributed by atoms with Gasteiger partial charge in [0, 0.05) is 21.2 Å². The molecule has 3 rings (SSSR count). The fourth-order valence-electron chi connectivity index (χ4n) is 2.44. The maximum atomic E-state index is 12.7. The highest BCUT2D eigenvalue weighted by Gasteiger charge is 2.12. The van der Waals surface area contributed by atoms with Gasteiger partial charge in [0.1, 0.15) is 0 Å². The molecule has 3 aromatic rings. The lowest BCUT2D eigenvalue weighted by Gasteiger charge is -2.10. The van der Waals surface area contributed by atoms with Crippen LogP contribution in [0.3, 0.4) is 0 Å². The first kappa shape index (κ1) is 19.6. The van der Waals surface area contributed by atoms with E-state index in [1.165, 1.54) is 4.88 Å². The number of carbonyl (C=O) groups excluding carboxylic acids is 1. The molecule has 0 fully saturated rings. The second-order valence-electron chi connectivity index (χ2n) is 5.82. The molecular weight excluding hydrogens is 400 g/mol. The molecule has 140 valence electrons. The SMILES string of the molecule is NS(=O)(=O)Cc1ccc(NC(=O)c2ccccc2SCc2cccs2)cc1. The fourth-order valence-corrected chi connectivity index (χ4v) is 4.92. The quantitative estimate of drug-likeness (QED) is 0.566. The number of nitrogens with one attached hydrogen (secondary N) is 1. The Bertz CT molecular complexity index is 1010. The second-order valence-corrected chi connectivity index (χ2v) is 9.49. The third-order valence-corrected chi connectivity index (χ3v) is 6.58. The Morgan fingerprint density at radius 2 is 1.78 bits per heavy atom. The summed E-state index contributed by atoms with van der Waals surface area (Å²) in [7, 11) is -3.58. The number of carbonyl (C=O) groups is 1. The molecule has 0 spiro atoms. The summed E-state index contributed by atoms with van der Waals surface area (Å²) in [6, 6.07) is 18.2. The Balaban J connectivity index is 1.69. The van der Waals surface area contributed by atoms with Crippen LogP contribution in [0.5, 0.6) is 0 Å². The normalized spacial score (nSPS) is 11.3. The average molecular weight is 419 g/mol. The molecule has 5 nitrogen and oxygen atoms in total. The molecule has 0 aliphatic heterocycles. The van der Waals surface area contributed by atoms with E-state index < -0.39 is 10.0 Å². The molecule has 27 heavy (non-hydrogen) atoms. The van der Waals surface area contributed by atoms with Gasteiger partial charge >= 0.3 is 0 Å². The molecule has 1 aromatic heterocycles. The van der Waals surface area contributed by atoms with Crippen LogP contribution in [0.2, 0.25) is 0 Å². The molecule has 0 aliphatic carbocycles. The first-order valence-electron chi connectivity index (χ1n) is 8.06. The van der Waals surface area contributed by atoms with Crippen molar-refractivity contribution in [1.29, 1.82) is 0 Å². The predicted molar refractivity (Wildman–Crippen MR) is 112 cm³/mol. The van der Waals surface area contributed by atoms with Crippen LogP contribution in [0, 0.1) is 0 Å². The van der Waals surface area contributed by atoms with Gasteiger partial charge in [-0.2, -0.15) is 0 Å². The molecule has 1 heterocycles. The van der Waals surface area contributed by atoms with Crippen molar-refractivity contribution in [2.24, 2.45) is 5.14 Å². The Hall–Kier alpha value is -2.13. The number of thiophene rings is 1. The van der Waals surface area contributed by atoms with Crippen molar-refractivity contribution >= 4 is 44.7 Å². The molecule has 0 atom stereocenters. The lowest BCUT2D eigenvalue weighted by Crippen LogP contribution is -2.15. The number of hydrogen-bond acceptors (Lipinski definition) is 5. The highest BCUT2D eigenvalue weighted by atomic mass is 32.2. The summed E-state index contributed by atoms with van der Waals surface area (Å²) in [6.07, 6.45) is 0. The minimum absolute atomic E-state index is 0.205. The number of nitrogens with two attached hydrogens (primary N) is 1. The summed E-state index contributed by atoms with van der Waals surface area (Å²) in [5.41, 5.74) is 1.77. The topological polar surface area (TPSA) is 89.3 Å². The highest BCUT2D eigenvalue weighted by Crippen LogP contribution is 2.28. The van der Waals surface area contributed by atoms with Crippen LogP contribution in [0.15, 0.2) is 70.9 Å². The minimum Gasteiger partial charge on any atom is -0.322 e. The molecule has 0 radical (unpaired) electrons. The van der Waals surface area contributed by atoms with Crippen LogP contribution in [0.25, 0.3) is 0 Å². The second kappa shape index (κ2) is 8.71.